The number of allylic oxidation sites excluding steroid dienone is 1. The van der Waals surface area contributed by atoms with Crippen molar-refractivity contribution < 1.29 is 32.9 Å². The van der Waals surface area contributed by atoms with Crippen LogP contribution in [-0.2, 0) is 6.61 Å². The first-order valence-corrected chi connectivity index (χ1v) is 13.7. The van der Waals surface area contributed by atoms with Gasteiger partial charge in [0, 0.05) is 17.2 Å². The van der Waals surface area contributed by atoms with Gasteiger partial charge in [-0.25, -0.2) is 9.18 Å². The minimum atomic E-state index is -0.593. The van der Waals surface area contributed by atoms with Gasteiger partial charge in [-0.05, 0) is 67.9 Å². The van der Waals surface area contributed by atoms with E-state index in [0.29, 0.717) is 58.5 Å². The number of halogens is 1. The van der Waals surface area contributed by atoms with Gasteiger partial charge in [-0.15, -0.1) is 0 Å². The lowest BCUT2D eigenvalue weighted by molar-refractivity contribution is 0.0734. The number of carbonyl (C=O) groups excluding carboxylic acids is 1. The van der Waals surface area contributed by atoms with Gasteiger partial charge in [0.15, 0.2) is 11.5 Å². The van der Waals surface area contributed by atoms with Crippen LogP contribution in [0.25, 0.3) is 0 Å². The van der Waals surface area contributed by atoms with Crippen molar-refractivity contribution in [2.75, 3.05) is 13.2 Å². The number of benzene rings is 4. The van der Waals surface area contributed by atoms with E-state index in [1.807, 2.05) is 13.8 Å². The highest BCUT2D eigenvalue weighted by Gasteiger charge is 2.32. The molecule has 0 spiro atoms. The van der Waals surface area contributed by atoms with E-state index in [-0.39, 0.29) is 29.6 Å². The Balaban J connectivity index is 1.42. The number of nitriles is 1. The zero-order chi connectivity index (χ0) is 30.3. The van der Waals surface area contributed by atoms with Gasteiger partial charge in [0.2, 0.25) is 5.88 Å². The van der Waals surface area contributed by atoms with Crippen LogP contribution >= 0.6 is 0 Å². The number of nitrogens with two attached hydrogens (primary N) is 1. The number of fused-ring (bicyclic) bond motifs is 1. The van der Waals surface area contributed by atoms with Crippen molar-refractivity contribution in [3.05, 3.63) is 124 Å². The Hall–Kier alpha value is -5.49. The van der Waals surface area contributed by atoms with Crippen LogP contribution in [0.2, 0.25) is 0 Å². The van der Waals surface area contributed by atoms with E-state index in [1.54, 1.807) is 78.9 Å². The molecule has 1 heterocycles. The molecular formula is C34H29FN2O6. The zero-order valence-electron chi connectivity index (χ0n) is 23.6. The van der Waals surface area contributed by atoms with Crippen molar-refractivity contribution in [1.29, 1.82) is 5.26 Å². The summed E-state index contributed by atoms with van der Waals surface area (Å²) in [6.45, 7) is 4.61. The van der Waals surface area contributed by atoms with E-state index in [4.69, 9.17) is 29.4 Å². The maximum Gasteiger partial charge on any atom is 0.343 e. The van der Waals surface area contributed by atoms with Gasteiger partial charge >= 0.3 is 5.97 Å². The fourth-order valence-electron chi connectivity index (χ4n) is 4.72. The summed E-state index contributed by atoms with van der Waals surface area (Å²) >= 11 is 0. The first-order valence-electron chi connectivity index (χ1n) is 13.7. The Morgan fingerprint density at radius 1 is 0.907 bits per heavy atom. The van der Waals surface area contributed by atoms with Gasteiger partial charge in [0.1, 0.15) is 41.3 Å². The molecule has 9 heteroatoms. The fourth-order valence-corrected chi connectivity index (χ4v) is 4.72. The monoisotopic (exact) mass is 580 g/mol. The second-order valence-electron chi connectivity index (χ2n) is 9.49. The Kier molecular flexibility index (Phi) is 8.77. The molecule has 43 heavy (non-hydrogen) atoms. The molecule has 218 valence electrons. The number of nitrogens with zero attached hydrogens (tertiary/aromatic N) is 1. The molecule has 0 saturated heterocycles. The molecule has 2 N–H and O–H groups in total. The summed E-state index contributed by atoms with van der Waals surface area (Å²) < 4.78 is 42.7. The van der Waals surface area contributed by atoms with Crippen LogP contribution in [0.5, 0.6) is 28.7 Å². The molecule has 0 aromatic heterocycles. The molecule has 4 aromatic rings. The second kappa shape index (κ2) is 13.0. The third-order valence-corrected chi connectivity index (χ3v) is 6.74. The molecule has 1 aliphatic rings. The molecule has 8 nitrogen and oxygen atoms in total. The molecule has 0 radical (unpaired) electrons. The predicted octanol–water partition coefficient (Wildman–Crippen LogP) is 6.64. The van der Waals surface area contributed by atoms with Crippen LogP contribution in [0.1, 0.15) is 46.8 Å². The van der Waals surface area contributed by atoms with Crippen LogP contribution < -0.4 is 29.4 Å². The topological polar surface area (TPSA) is 113 Å². The smallest absolute Gasteiger partial charge is 0.343 e. The number of hydrogen-bond donors (Lipinski definition) is 1. The summed E-state index contributed by atoms with van der Waals surface area (Å²) in [7, 11) is 0. The average Bonchev–Trinajstić information content (AvgIpc) is 3.01. The van der Waals surface area contributed by atoms with Gasteiger partial charge in [0.05, 0.1) is 24.7 Å². The molecule has 0 amide bonds. The largest absolute Gasteiger partial charge is 0.494 e. The molecule has 5 rings (SSSR count). The van der Waals surface area contributed by atoms with Crippen LogP contribution in [-0.4, -0.2) is 19.2 Å². The molecule has 1 atom stereocenters. The second-order valence-corrected chi connectivity index (χ2v) is 9.49. The van der Waals surface area contributed by atoms with E-state index in [2.05, 4.69) is 6.07 Å². The van der Waals surface area contributed by atoms with Gasteiger partial charge in [-0.3, -0.25) is 0 Å². The summed E-state index contributed by atoms with van der Waals surface area (Å²) in [6, 6.07) is 25.4. The van der Waals surface area contributed by atoms with Crippen LogP contribution in [0, 0.1) is 17.1 Å². The summed E-state index contributed by atoms with van der Waals surface area (Å²) in [5.74, 6) is 0.531. The lowest BCUT2D eigenvalue weighted by Gasteiger charge is -2.27. The summed E-state index contributed by atoms with van der Waals surface area (Å²) in [5, 5.41) is 10.00. The summed E-state index contributed by atoms with van der Waals surface area (Å²) in [6.07, 6.45) is 0. The van der Waals surface area contributed by atoms with Crippen LogP contribution in [0.15, 0.2) is 96.4 Å². The average molecular weight is 581 g/mol. The van der Waals surface area contributed by atoms with E-state index in [9.17, 15) is 14.4 Å². The molecule has 0 fully saturated rings. The first-order chi connectivity index (χ1) is 20.9. The first kappa shape index (κ1) is 29.0. The summed E-state index contributed by atoms with van der Waals surface area (Å²) in [4.78, 5) is 12.8. The molecule has 1 unspecified atom stereocenters. The quantitative estimate of drug-likeness (QED) is 0.164. The highest BCUT2D eigenvalue weighted by atomic mass is 19.1. The van der Waals surface area contributed by atoms with Crippen molar-refractivity contribution in [1.82, 2.24) is 0 Å². The Morgan fingerprint density at radius 2 is 1.65 bits per heavy atom. The van der Waals surface area contributed by atoms with Crippen molar-refractivity contribution >= 4 is 5.97 Å². The highest BCUT2D eigenvalue weighted by molar-refractivity contribution is 5.91. The minimum absolute atomic E-state index is 0.0145. The minimum Gasteiger partial charge on any atom is -0.494 e. The molecule has 1 aliphatic heterocycles. The molecule has 0 bridgehead atoms. The number of carbonyl (C=O) groups is 1. The Bertz CT molecular complexity index is 1710. The standard InChI is InChI=1S/C34H29FN2O6/c1-3-39-24-12-9-21(10-13-24)34(38)42-25-14-15-26-30(18-25)43-33(37)27(19-36)32(26)22-11-16-29(31(17-22)40-4-2)41-20-23-7-5-6-8-28(23)35/h5-18,32H,3-4,20,37H2,1-2H3. The normalized spacial score (nSPS) is 13.8. The van der Waals surface area contributed by atoms with Gasteiger partial charge in [-0.2, -0.15) is 5.26 Å². The number of esters is 1. The van der Waals surface area contributed by atoms with E-state index >= 15 is 0 Å². The Morgan fingerprint density at radius 3 is 2.37 bits per heavy atom. The van der Waals surface area contributed by atoms with Crippen molar-refractivity contribution in [2.45, 2.75) is 26.4 Å². The van der Waals surface area contributed by atoms with Gasteiger partial charge in [-0.1, -0.05) is 30.3 Å². The van der Waals surface area contributed by atoms with E-state index in [0.717, 1.165) is 0 Å². The molecular weight excluding hydrogens is 551 g/mol. The zero-order valence-corrected chi connectivity index (χ0v) is 23.6. The molecule has 0 aliphatic carbocycles. The maximum atomic E-state index is 14.1. The van der Waals surface area contributed by atoms with Crippen molar-refractivity contribution in [2.24, 2.45) is 5.73 Å². The Labute approximate surface area is 248 Å². The van der Waals surface area contributed by atoms with E-state index in [1.165, 1.54) is 6.07 Å². The van der Waals surface area contributed by atoms with Gasteiger partial charge < -0.3 is 29.4 Å². The van der Waals surface area contributed by atoms with Crippen molar-refractivity contribution in [3.8, 4) is 34.8 Å². The lowest BCUT2D eigenvalue weighted by Crippen LogP contribution is -2.21. The molecule has 4 aromatic carbocycles. The third-order valence-electron chi connectivity index (χ3n) is 6.74. The molecule has 0 saturated carbocycles. The number of rotatable bonds is 10. The maximum absolute atomic E-state index is 14.1. The van der Waals surface area contributed by atoms with Crippen LogP contribution in [0.4, 0.5) is 4.39 Å². The lowest BCUT2D eigenvalue weighted by atomic mass is 9.83. The van der Waals surface area contributed by atoms with E-state index < -0.39 is 11.9 Å². The SMILES string of the molecule is CCOc1ccc(C(=O)Oc2ccc3c(c2)OC(N)=C(C#N)C3c2ccc(OCc3ccccc3F)c(OCC)c2)cc1. The third kappa shape index (κ3) is 6.39. The van der Waals surface area contributed by atoms with Crippen LogP contribution in [0.3, 0.4) is 0 Å². The fraction of sp³-hybridized carbons (Fsp3) is 0.176. The summed E-state index contributed by atoms with van der Waals surface area (Å²) in [5.41, 5.74) is 8.52. The van der Waals surface area contributed by atoms with Crippen molar-refractivity contribution in [3.63, 3.8) is 0 Å². The number of ether oxygens (including phenoxy) is 5. The number of hydrogen-bond acceptors (Lipinski definition) is 8. The van der Waals surface area contributed by atoms with Gasteiger partial charge in [0.25, 0.3) is 0 Å². The predicted molar refractivity (Wildman–Crippen MR) is 157 cm³/mol. The highest BCUT2D eigenvalue weighted by Crippen LogP contribution is 2.45.